The third-order valence-corrected chi connectivity index (χ3v) is 5.50. The van der Waals surface area contributed by atoms with E-state index < -0.39 is 10.3 Å². The van der Waals surface area contributed by atoms with E-state index in [0.717, 1.165) is 8.96 Å². The molecule has 0 radical (unpaired) electrons. The molecule has 0 amide bonds. The lowest BCUT2D eigenvalue weighted by Crippen LogP contribution is -2.20. The smallest absolute Gasteiger partial charge is 0.233 e. The van der Waals surface area contributed by atoms with Crippen LogP contribution < -0.4 is 0 Å². The van der Waals surface area contributed by atoms with E-state index in [1.54, 1.807) is 12.2 Å². The molecular formula is C6H3Br3O2. The van der Waals surface area contributed by atoms with Gasteiger partial charge >= 0.3 is 0 Å². The summed E-state index contributed by atoms with van der Waals surface area (Å²) in [5.74, 6) is -1.16. The third kappa shape index (κ3) is 0.951. The number of allylic oxidation sites excluding steroid dienone is 2. The Labute approximate surface area is 88.7 Å². The largest absolute Gasteiger partial charge is 0.359 e. The molecule has 2 nitrogen and oxygen atoms in total. The van der Waals surface area contributed by atoms with Crippen LogP contribution in [0, 0.1) is 0 Å². The summed E-state index contributed by atoms with van der Waals surface area (Å²) in [4.78, 5) is 0. The minimum absolute atomic E-state index is 0.756. The summed E-state index contributed by atoms with van der Waals surface area (Å²) in [5.41, 5.74) is 0. The van der Waals surface area contributed by atoms with Gasteiger partial charge in [0.15, 0.2) is 0 Å². The molecule has 0 aromatic rings. The molecule has 2 rings (SSSR count). The zero-order chi connectivity index (χ0) is 8.28. The molecule has 1 aliphatic heterocycles. The van der Waals surface area contributed by atoms with Gasteiger partial charge in [0, 0.05) is 4.48 Å². The number of halogens is 3. The van der Waals surface area contributed by atoms with Crippen LogP contribution in [0.25, 0.3) is 0 Å². The minimum atomic E-state index is -1.16. The van der Waals surface area contributed by atoms with Crippen molar-refractivity contribution in [3.8, 4) is 0 Å². The first-order valence-electron chi connectivity index (χ1n) is 2.86. The van der Waals surface area contributed by atoms with Crippen molar-refractivity contribution in [1.82, 2.24) is 0 Å². The Kier molecular flexibility index (Phi) is 1.69. The van der Waals surface area contributed by atoms with Crippen LogP contribution in [0.5, 0.6) is 0 Å². The summed E-state index contributed by atoms with van der Waals surface area (Å²) in [7, 11) is 0. The molecule has 1 saturated heterocycles. The average Bonchev–Trinajstić information content (AvgIpc) is 2.50. The Morgan fingerprint density at radius 2 is 2.09 bits per heavy atom. The Bertz CT molecular complexity index is 286. The van der Waals surface area contributed by atoms with Gasteiger partial charge in [0.05, 0.1) is 4.48 Å². The van der Waals surface area contributed by atoms with Crippen molar-refractivity contribution in [2.24, 2.45) is 0 Å². The second-order valence-corrected chi connectivity index (χ2v) is 5.15. The Morgan fingerprint density at radius 3 is 2.64 bits per heavy atom. The minimum Gasteiger partial charge on any atom is -0.359 e. The normalized spacial score (nSPS) is 47.6. The first kappa shape index (κ1) is 8.44. The van der Waals surface area contributed by atoms with Crippen LogP contribution >= 0.6 is 47.8 Å². The summed E-state index contributed by atoms with van der Waals surface area (Å²) in [6, 6.07) is 0. The fourth-order valence-electron chi connectivity index (χ4n) is 0.945. The van der Waals surface area contributed by atoms with Gasteiger partial charge in [0.1, 0.15) is 0 Å². The van der Waals surface area contributed by atoms with Crippen LogP contribution in [-0.4, -0.2) is 15.4 Å². The van der Waals surface area contributed by atoms with Gasteiger partial charge in [0.25, 0.3) is 0 Å². The number of hydrogen-bond acceptors (Lipinski definition) is 2. The lowest BCUT2D eigenvalue weighted by Gasteiger charge is -2.11. The number of epoxide rings is 1. The maximum atomic E-state index is 9.56. The van der Waals surface area contributed by atoms with E-state index in [-0.39, 0.29) is 0 Å². The monoisotopic (exact) mass is 344 g/mol. The number of rotatable bonds is 0. The molecule has 1 heterocycles. The zero-order valence-corrected chi connectivity index (χ0v) is 9.90. The van der Waals surface area contributed by atoms with Gasteiger partial charge in [-0.1, -0.05) is 15.9 Å². The van der Waals surface area contributed by atoms with Crippen molar-refractivity contribution < 1.29 is 9.84 Å². The number of aliphatic hydroxyl groups is 1. The van der Waals surface area contributed by atoms with E-state index in [9.17, 15) is 5.11 Å². The van der Waals surface area contributed by atoms with Crippen LogP contribution in [0.15, 0.2) is 21.1 Å². The third-order valence-electron chi connectivity index (χ3n) is 1.66. The maximum absolute atomic E-state index is 9.56. The van der Waals surface area contributed by atoms with E-state index in [4.69, 9.17) is 4.74 Å². The van der Waals surface area contributed by atoms with Gasteiger partial charge in [-0.15, -0.1) is 0 Å². The maximum Gasteiger partial charge on any atom is 0.233 e. The first-order valence-corrected chi connectivity index (χ1v) is 5.24. The van der Waals surface area contributed by atoms with E-state index >= 15 is 0 Å². The van der Waals surface area contributed by atoms with Crippen molar-refractivity contribution in [1.29, 1.82) is 0 Å². The Morgan fingerprint density at radius 1 is 1.45 bits per heavy atom. The van der Waals surface area contributed by atoms with Gasteiger partial charge in [-0.3, -0.25) is 0 Å². The lowest BCUT2D eigenvalue weighted by atomic mass is 10.1. The molecular weight excluding hydrogens is 344 g/mol. The molecule has 5 heteroatoms. The van der Waals surface area contributed by atoms with Crippen molar-refractivity contribution in [3.05, 3.63) is 21.1 Å². The summed E-state index contributed by atoms with van der Waals surface area (Å²) < 4.78 is 5.97. The highest BCUT2D eigenvalue weighted by atomic mass is 79.9. The quantitative estimate of drug-likeness (QED) is 0.539. The molecule has 1 N–H and O–H groups in total. The molecule has 60 valence electrons. The van der Waals surface area contributed by atoms with Gasteiger partial charge in [-0.2, -0.15) is 0 Å². The van der Waals surface area contributed by atoms with E-state index in [2.05, 4.69) is 47.8 Å². The van der Waals surface area contributed by atoms with Crippen molar-refractivity contribution in [2.45, 2.75) is 10.3 Å². The first-order chi connectivity index (χ1) is 5.00. The summed E-state index contributed by atoms with van der Waals surface area (Å²) in [6.45, 7) is 0. The van der Waals surface area contributed by atoms with E-state index in [0.29, 0.717) is 0 Å². The van der Waals surface area contributed by atoms with Gasteiger partial charge < -0.3 is 9.84 Å². The van der Waals surface area contributed by atoms with Gasteiger partial charge in [-0.25, -0.2) is 0 Å². The lowest BCUT2D eigenvalue weighted by molar-refractivity contribution is 0.0825. The molecule has 0 aromatic heterocycles. The molecule has 2 aliphatic rings. The number of hydrogen-bond donors (Lipinski definition) is 1. The van der Waals surface area contributed by atoms with Crippen LogP contribution in [0.3, 0.4) is 0 Å². The van der Waals surface area contributed by atoms with Crippen LogP contribution in [0.2, 0.25) is 0 Å². The van der Waals surface area contributed by atoms with E-state index in [1.165, 1.54) is 0 Å². The van der Waals surface area contributed by atoms with Gasteiger partial charge in [0.2, 0.25) is 10.3 Å². The SMILES string of the molecule is OC12C=CC(Br)=C(Br)C1(Br)O2. The fourth-order valence-corrected chi connectivity index (χ4v) is 2.71. The predicted octanol–water partition coefficient (Wildman–Crippen LogP) is 2.37. The molecule has 1 aliphatic carbocycles. The summed E-state index contributed by atoms with van der Waals surface area (Å²) >= 11 is 9.88. The average molecular weight is 347 g/mol. The molecule has 2 unspecified atom stereocenters. The highest BCUT2D eigenvalue weighted by Gasteiger charge is 2.71. The fraction of sp³-hybridized carbons (Fsp3) is 0.333. The molecule has 11 heavy (non-hydrogen) atoms. The topological polar surface area (TPSA) is 32.8 Å². The highest BCUT2D eigenvalue weighted by Crippen LogP contribution is 2.61. The van der Waals surface area contributed by atoms with E-state index in [1.807, 2.05) is 0 Å². The van der Waals surface area contributed by atoms with Crippen LogP contribution in [0.1, 0.15) is 0 Å². The summed E-state index contributed by atoms with van der Waals surface area (Å²) in [5, 5.41) is 9.56. The Hall–Kier alpha value is 0.840. The van der Waals surface area contributed by atoms with Gasteiger partial charge in [-0.05, 0) is 44.0 Å². The molecule has 0 bridgehead atoms. The van der Waals surface area contributed by atoms with Crippen molar-refractivity contribution in [3.63, 3.8) is 0 Å². The second kappa shape index (κ2) is 2.20. The highest BCUT2D eigenvalue weighted by molar-refractivity contribution is 9.15. The van der Waals surface area contributed by atoms with Crippen LogP contribution in [-0.2, 0) is 4.74 Å². The Balaban J connectivity index is 2.49. The zero-order valence-electron chi connectivity index (χ0n) is 5.14. The molecule has 2 atom stereocenters. The number of alkyl halides is 1. The number of ether oxygens (including phenoxy) is 1. The molecule has 0 aromatic carbocycles. The predicted molar refractivity (Wildman–Crippen MR) is 51.7 cm³/mol. The molecule has 0 saturated carbocycles. The van der Waals surface area contributed by atoms with Crippen molar-refractivity contribution in [2.75, 3.05) is 0 Å². The number of fused-ring (bicyclic) bond motifs is 1. The standard InChI is InChI=1S/C6H3Br3O2/c7-3-1-2-5(10)6(9,11-5)4(3)8/h1-2,10H. The molecule has 0 spiro atoms. The summed E-state index contributed by atoms with van der Waals surface area (Å²) in [6.07, 6.45) is 3.34. The second-order valence-electron chi connectivity index (χ2n) is 2.39. The van der Waals surface area contributed by atoms with Crippen molar-refractivity contribution >= 4 is 47.8 Å². The van der Waals surface area contributed by atoms with Crippen LogP contribution in [0.4, 0.5) is 0 Å². The molecule has 1 fully saturated rings.